The van der Waals surface area contributed by atoms with Crippen LogP contribution < -0.4 is 11.1 Å². The smallest absolute Gasteiger partial charge is 0.0821 e. The highest BCUT2D eigenvalue weighted by molar-refractivity contribution is 5.40. The van der Waals surface area contributed by atoms with Gasteiger partial charge in [-0.25, -0.2) is 0 Å². The standard InChI is InChI=1S/C17H20N2/c18-17(16-12-7-13-19-16,14-8-3-1-4-9-14)15-10-5-2-6-11-15/h1-6,8-11,16,19H,7,12-13,18H2/t16-/m0/s1. The quantitative estimate of drug-likeness (QED) is 0.881. The summed E-state index contributed by atoms with van der Waals surface area (Å²) in [6, 6.07) is 21.2. The molecule has 19 heavy (non-hydrogen) atoms. The number of benzene rings is 2. The lowest BCUT2D eigenvalue weighted by Gasteiger charge is -2.36. The van der Waals surface area contributed by atoms with Gasteiger partial charge in [0.25, 0.3) is 0 Å². The predicted molar refractivity (Wildman–Crippen MR) is 78.9 cm³/mol. The molecule has 0 amide bonds. The van der Waals surface area contributed by atoms with E-state index < -0.39 is 5.54 Å². The fourth-order valence-corrected chi connectivity index (χ4v) is 3.07. The molecule has 0 spiro atoms. The second-order valence-corrected chi connectivity index (χ2v) is 5.25. The normalized spacial score (nSPS) is 19.5. The molecule has 3 rings (SSSR count). The molecule has 0 aromatic heterocycles. The molecule has 2 aromatic rings. The predicted octanol–water partition coefficient (Wildman–Crippen LogP) is 2.64. The summed E-state index contributed by atoms with van der Waals surface area (Å²) in [6.07, 6.45) is 2.32. The summed E-state index contributed by atoms with van der Waals surface area (Å²) in [7, 11) is 0. The Balaban J connectivity index is 2.10. The van der Waals surface area contributed by atoms with Gasteiger partial charge in [0, 0.05) is 6.04 Å². The maximum absolute atomic E-state index is 6.88. The van der Waals surface area contributed by atoms with Gasteiger partial charge in [0.05, 0.1) is 5.54 Å². The van der Waals surface area contributed by atoms with Crippen molar-refractivity contribution in [3.63, 3.8) is 0 Å². The molecule has 2 heteroatoms. The van der Waals surface area contributed by atoms with Crippen LogP contribution in [0, 0.1) is 0 Å². The van der Waals surface area contributed by atoms with Crippen LogP contribution in [0.15, 0.2) is 60.7 Å². The molecule has 2 nitrogen and oxygen atoms in total. The van der Waals surface area contributed by atoms with E-state index in [-0.39, 0.29) is 0 Å². The molecule has 1 aliphatic rings. The van der Waals surface area contributed by atoms with Crippen LogP contribution in [0.2, 0.25) is 0 Å². The van der Waals surface area contributed by atoms with Crippen molar-refractivity contribution in [3.05, 3.63) is 71.8 Å². The summed E-state index contributed by atoms with van der Waals surface area (Å²) >= 11 is 0. The third-order valence-electron chi connectivity index (χ3n) is 4.11. The largest absolute Gasteiger partial charge is 0.316 e. The molecule has 98 valence electrons. The van der Waals surface area contributed by atoms with Crippen molar-refractivity contribution in [1.29, 1.82) is 0 Å². The highest BCUT2D eigenvalue weighted by Gasteiger charge is 2.39. The first-order valence-electron chi connectivity index (χ1n) is 6.95. The van der Waals surface area contributed by atoms with Crippen molar-refractivity contribution < 1.29 is 0 Å². The molecule has 2 aromatic carbocycles. The number of nitrogens with two attached hydrogens (primary N) is 1. The van der Waals surface area contributed by atoms with Gasteiger partial charge in [-0.2, -0.15) is 0 Å². The first kappa shape index (κ1) is 12.4. The first-order valence-corrected chi connectivity index (χ1v) is 6.95. The van der Waals surface area contributed by atoms with Gasteiger partial charge >= 0.3 is 0 Å². The van der Waals surface area contributed by atoms with Crippen molar-refractivity contribution in [2.75, 3.05) is 6.54 Å². The number of nitrogens with one attached hydrogen (secondary N) is 1. The topological polar surface area (TPSA) is 38.0 Å². The van der Waals surface area contributed by atoms with Crippen LogP contribution in [0.1, 0.15) is 24.0 Å². The minimum Gasteiger partial charge on any atom is -0.316 e. The Morgan fingerprint density at radius 1 is 0.895 bits per heavy atom. The van der Waals surface area contributed by atoms with Crippen LogP contribution in [-0.2, 0) is 5.54 Å². The van der Waals surface area contributed by atoms with Crippen molar-refractivity contribution in [3.8, 4) is 0 Å². The zero-order valence-corrected chi connectivity index (χ0v) is 11.0. The summed E-state index contributed by atoms with van der Waals surface area (Å²) < 4.78 is 0. The summed E-state index contributed by atoms with van der Waals surface area (Å²) in [6.45, 7) is 1.06. The van der Waals surface area contributed by atoms with Crippen LogP contribution >= 0.6 is 0 Å². The number of rotatable bonds is 3. The second-order valence-electron chi connectivity index (χ2n) is 5.25. The lowest BCUT2D eigenvalue weighted by molar-refractivity contribution is 0.387. The average molecular weight is 252 g/mol. The third kappa shape index (κ3) is 2.18. The Morgan fingerprint density at radius 3 is 1.84 bits per heavy atom. The van der Waals surface area contributed by atoms with E-state index in [0.29, 0.717) is 6.04 Å². The van der Waals surface area contributed by atoms with E-state index in [1.54, 1.807) is 0 Å². The lowest BCUT2D eigenvalue weighted by Crippen LogP contribution is -2.53. The molecule has 1 fully saturated rings. The van der Waals surface area contributed by atoms with Gasteiger partial charge in [-0.15, -0.1) is 0 Å². The molecule has 1 atom stereocenters. The van der Waals surface area contributed by atoms with E-state index in [2.05, 4.69) is 53.8 Å². The number of hydrogen-bond donors (Lipinski definition) is 2. The van der Waals surface area contributed by atoms with E-state index in [9.17, 15) is 0 Å². The van der Waals surface area contributed by atoms with Gasteiger partial charge in [0.15, 0.2) is 0 Å². The van der Waals surface area contributed by atoms with E-state index in [1.807, 2.05) is 12.1 Å². The fourth-order valence-electron chi connectivity index (χ4n) is 3.07. The molecular weight excluding hydrogens is 232 g/mol. The van der Waals surface area contributed by atoms with E-state index in [1.165, 1.54) is 17.5 Å². The molecular formula is C17H20N2. The van der Waals surface area contributed by atoms with Crippen molar-refractivity contribution in [2.45, 2.75) is 24.4 Å². The van der Waals surface area contributed by atoms with Gasteiger partial charge in [0.2, 0.25) is 0 Å². The third-order valence-corrected chi connectivity index (χ3v) is 4.11. The molecule has 3 N–H and O–H groups in total. The summed E-state index contributed by atoms with van der Waals surface area (Å²) in [5.41, 5.74) is 8.80. The highest BCUT2D eigenvalue weighted by Crippen LogP contribution is 2.33. The van der Waals surface area contributed by atoms with Gasteiger partial charge in [0.1, 0.15) is 0 Å². The number of hydrogen-bond acceptors (Lipinski definition) is 2. The Hall–Kier alpha value is -1.64. The zero-order valence-electron chi connectivity index (χ0n) is 11.0. The first-order chi connectivity index (χ1) is 9.32. The summed E-state index contributed by atoms with van der Waals surface area (Å²) in [5.74, 6) is 0. The highest BCUT2D eigenvalue weighted by atomic mass is 15.0. The maximum Gasteiger partial charge on any atom is 0.0821 e. The fraction of sp³-hybridized carbons (Fsp3) is 0.294. The Morgan fingerprint density at radius 2 is 1.42 bits per heavy atom. The van der Waals surface area contributed by atoms with Gasteiger partial charge < -0.3 is 11.1 Å². The monoisotopic (exact) mass is 252 g/mol. The van der Waals surface area contributed by atoms with Crippen LogP contribution in [0.3, 0.4) is 0 Å². The van der Waals surface area contributed by atoms with Gasteiger partial charge in [-0.3, -0.25) is 0 Å². The van der Waals surface area contributed by atoms with Crippen molar-refractivity contribution in [2.24, 2.45) is 5.73 Å². The molecule has 0 radical (unpaired) electrons. The second kappa shape index (κ2) is 5.16. The molecule has 1 aliphatic heterocycles. The molecule has 0 aliphatic carbocycles. The molecule has 0 unspecified atom stereocenters. The lowest BCUT2D eigenvalue weighted by atomic mass is 9.77. The van der Waals surface area contributed by atoms with Crippen molar-refractivity contribution >= 4 is 0 Å². The maximum atomic E-state index is 6.88. The Labute approximate surface area is 114 Å². The van der Waals surface area contributed by atoms with Crippen molar-refractivity contribution in [1.82, 2.24) is 5.32 Å². The van der Waals surface area contributed by atoms with Gasteiger partial charge in [-0.1, -0.05) is 60.7 Å². The molecule has 1 heterocycles. The minimum absolute atomic E-state index is 0.303. The Bertz CT molecular complexity index is 476. The average Bonchev–Trinajstić information content (AvgIpc) is 3.03. The zero-order chi connectivity index (χ0) is 13.1. The van der Waals surface area contributed by atoms with E-state index in [4.69, 9.17) is 5.73 Å². The van der Waals surface area contributed by atoms with Crippen LogP contribution in [-0.4, -0.2) is 12.6 Å². The van der Waals surface area contributed by atoms with E-state index in [0.717, 1.165) is 13.0 Å². The van der Waals surface area contributed by atoms with Crippen LogP contribution in [0.5, 0.6) is 0 Å². The van der Waals surface area contributed by atoms with Gasteiger partial charge in [-0.05, 0) is 30.5 Å². The SMILES string of the molecule is NC(c1ccccc1)(c1ccccc1)[C@@H]1CCCN1. The Kier molecular flexibility index (Phi) is 3.36. The minimum atomic E-state index is -0.445. The summed E-state index contributed by atoms with van der Waals surface area (Å²) in [4.78, 5) is 0. The van der Waals surface area contributed by atoms with E-state index >= 15 is 0 Å². The summed E-state index contributed by atoms with van der Waals surface area (Å²) in [5, 5.41) is 3.57. The molecule has 1 saturated heterocycles. The van der Waals surface area contributed by atoms with Crippen LogP contribution in [0.4, 0.5) is 0 Å². The van der Waals surface area contributed by atoms with Crippen LogP contribution in [0.25, 0.3) is 0 Å². The molecule has 0 saturated carbocycles. The molecule has 0 bridgehead atoms.